The molecule has 0 aliphatic carbocycles. The fraction of sp³-hybridized carbons (Fsp3) is 0.583. The van der Waals surface area contributed by atoms with Gasteiger partial charge in [-0.3, -0.25) is 4.68 Å². The fourth-order valence-electron chi connectivity index (χ4n) is 1.09. The fourth-order valence-corrected chi connectivity index (χ4v) is 1.09. The van der Waals surface area contributed by atoms with Crippen LogP contribution < -0.4 is 0 Å². The number of aliphatic hydroxyl groups is 1. The standard InChI is InChI=1S/C12H18N2O/c1-9(2)14-8-11(10(3)13-14)6-7-12(4,5)15/h8-9,15H,1-5H3. The summed E-state index contributed by atoms with van der Waals surface area (Å²) in [5.74, 6) is 5.73. The Kier molecular flexibility index (Phi) is 3.21. The lowest BCUT2D eigenvalue weighted by molar-refractivity contribution is 0.143. The van der Waals surface area contributed by atoms with Gasteiger partial charge >= 0.3 is 0 Å². The van der Waals surface area contributed by atoms with Crippen LogP contribution in [0.3, 0.4) is 0 Å². The zero-order valence-electron chi connectivity index (χ0n) is 10.00. The van der Waals surface area contributed by atoms with Gasteiger partial charge in [-0.15, -0.1) is 0 Å². The van der Waals surface area contributed by atoms with E-state index in [1.807, 2.05) is 17.8 Å². The van der Waals surface area contributed by atoms with E-state index in [4.69, 9.17) is 0 Å². The molecule has 1 aromatic rings. The zero-order valence-corrected chi connectivity index (χ0v) is 10.00. The maximum Gasteiger partial charge on any atom is 0.120 e. The summed E-state index contributed by atoms with van der Waals surface area (Å²) >= 11 is 0. The topological polar surface area (TPSA) is 38.0 Å². The quantitative estimate of drug-likeness (QED) is 0.713. The molecule has 3 nitrogen and oxygen atoms in total. The van der Waals surface area contributed by atoms with E-state index < -0.39 is 5.60 Å². The van der Waals surface area contributed by atoms with Crippen LogP contribution in [0.25, 0.3) is 0 Å². The molecule has 1 N–H and O–H groups in total. The molecule has 0 spiro atoms. The van der Waals surface area contributed by atoms with Crippen molar-refractivity contribution < 1.29 is 5.11 Å². The Balaban J connectivity index is 3.00. The Morgan fingerprint density at radius 2 is 2.07 bits per heavy atom. The number of rotatable bonds is 1. The van der Waals surface area contributed by atoms with Crippen LogP contribution in [0.4, 0.5) is 0 Å². The molecule has 82 valence electrons. The maximum atomic E-state index is 9.49. The number of aryl methyl sites for hydroxylation is 1. The van der Waals surface area contributed by atoms with Gasteiger partial charge in [-0.1, -0.05) is 11.8 Å². The second-order valence-corrected chi connectivity index (χ2v) is 4.51. The highest BCUT2D eigenvalue weighted by molar-refractivity contribution is 5.37. The van der Waals surface area contributed by atoms with Gasteiger partial charge < -0.3 is 5.11 Å². The lowest BCUT2D eigenvalue weighted by Gasteiger charge is -2.05. The minimum absolute atomic E-state index is 0.335. The predicted octanol–water partition coefficient (Wildman–Crippen LogP) is 1.89. The summed E-state index contributed by atoms with van der Waals surface area (Å²) in [4.78, 5) is 0. The first-order valence-corrected chi connectivity index (χ1v) is 5.11. The number of hydrogen-bond acceptors (Lipinski definition) is 2. The van der Waals surface area contributed by atoms with Crippen molar-refractivity contribution in [2.45, 2.75) is 46.3 Å². The van der Waals surface area contributed by atoms with Crippen LogP contribution in [0.15, 0.2) is 6.20 Å². The Labute approximate surface area is 91.1 Å². The van der Waals surface area contributed by atoms with Crippen molar-refractivity contribution in [1.29, 1.82) is 0 Å². The highest BCUT2D eigenvalue weighted by Gasteiger charge is 2.08. The van der Waals surface area contributed by atoms with Gasteiger partial charge in [0.1, 0.15) is 5.60 Å². The van der Waals surface area contributed by atoms with Crippen molar-refractivity contribution in [3.8, 4) is 11.8 Å². The first kappa shape index (κ1) is 11.8. The summed E-state index contributed by atoms with van der Waals surface area (Å²) in [7, 11) is 0. The van der Waals surface area contributed by atoms with E-state index in [0.29, 0.717) is 6.04 Å². The van der Waals surface area contributed by atoms with Crippen molar-refractivity contribution in [3.63, 3.8) is 0 Å². The largest absolute Gasteiger partial charge is 0.378 e. The monoisotopic (exact) mass is 206 g/mol. The molecule has 0 aliphatic heterocycles. The average Bonchev–Trinajstić information content (AvgIpc) is 2.42. The third-order valence-corrected chi connectivity index (χ3v) is 1.95. The van der Waals surface area contributed by atoms with Gasteiger partial charge in [-0.25, -0.2) is 0 Å². The van der Waals surface area contributed by atoms with Crippen molar-refractivity contribution in [2.24, 2.45) is 0 Å². The first-order valence-electron chi connectivity index (χ1n) is 5.11. The molecule has 0 saturated heterocycles. The molecule has 3 heteroatoms. The molecule has 0 bridgehead atoms. The Morgan fingerprint density at radius 1 is 1.47 bits per heavy atom. The third kappa shape index (κ3) is 3.41. The molecular formula is C12H18N2O. The predicted molar refractivity (Wildman–Crippen MR) is 60.5 cm³/mol. The molecule has 0 aromatic carbocycles. The van der Waals surface area contributed by atoms with Crippen LogP contribution in [-0.2, 0) is 0 Å². The first-order chi connectivity index (χ1) is 6.79. The van der Waals surface area contributed by atoms with E-state index in [1.165, 1.54) is 0 Å². The molecule has 0 atom stereocenters. The number of hydrogen-bond donors (Lipinski definition) is 1. The lowest BCUT2D eigenvalue weighted by atomic mass is 10.1. The smallest absolute Gasteiger partial charge is 0.120 e. The van der Waals surface area contributed by atoms with E-state index in [0.717, 1.165) is 11.3 Å². The summed E-state index contributed by atoms with van der Waals surface area (Å²) < 4.78 is 1.88. The molecule has 0 saturated carbocycles. The van der Waals surface area contributed by atoms with E-state index >= 15 is 0 Å². The Bertz CT molecular complexity index is 399. The van der Waals surface area contributed by atoms with E-state index in [1.54, 1.807) is 13.8 Å². The molecule has 0 amide bonds. The minimum Gasteiger partial charge on any atom is -0.378 e. The van der Waals surface area contributed by atoms with Gasteiger partial charge in [-0.05, 0) is 34.6 Å². The summed E-state index contributed by atoms with van der Waals surface area (Å²) in [5.41, 5.74) is 0.832. The molecular weight excluding hydrogens is 188 g/mol. The van der Waals surface area contributed by atoms with Gasteiger partial charge in [0.05, 0.1) is 11.3 Å². The number of aromatic nitrogens is 2. The van der Waals surface area contributed by atoms with Crippen LogP contribution in [0, 0.1) is 18.8 Å². The molecule has 0 fully saturated rings. The maximum absolute atomic E-state index is 9.49. The third-order valence-electron chi connectivity index (χ3n) is 1.95. The second-order valence-electron chi connectivity index (χ2n) is 4.51. The lowest BCUT2D eigenvalue weighted by Crippen LogP contribution is -2.14. The van der Waals surface area contributed by atoms with E-state index in [2.05, 4.69) is 30.8 Å². The summed E-state index contributed by atoms with van der Waals surface area (Å²) in [6.45, 7) is 9.40. The summed E-state index contributed by atoms with van der Waals surface area (Å²) in [5, 5.41) is 13.8. The molecule has 0 aliphatic rings. The van der Waals surface area contributed by atoms with Gasteiger partial charge in [0.15, 0.2) is 0 Å². The van der Waals surface area contributed by atoms with Crippen molar-refractivity contribution in [3.05, 3.63) is 17.5 Å². The molecule has 1 rings (SSSR count). The van der Waals surface area contributed by atoms with Crippen LogP contribution in [0.5, 0.6) is 0 Å². The van der Waals surface area contributed by atoms with Gasteiger partial charge in [0, 0.05) is 12.2 Å². The normalized spacial score (nSPS) is 11.4. The summed E-state index contributed by atoms with van der Waals surface area (Å²) in [6.07, 6.45) is 1.92. The van der Waals surface area contributed by atoms with Crippen molar-refractivity contribution in [1.82, 2.24) is 9.78 Å². The molecule has 0 radical (unpaired) electrons. The second kappa shape index (κ2) is 4.08. The zero-order chi connectivity index (χ0) is 11.6. The average molecular weight is 206 g/mol. The van der Waals surface area contributed by atoms with Crippen LogP contribution in [-0.4, -0.2) is 20.5 Å². The van der Waals surface area contributed by atoms with Gasteiger partial charge in [0.2, 0.25) is 0 Å². The van der Waals surface area contributed by atoms with E-state index in [-0.39, 0.29) is 0 Å². The Morgan fingerprint density at radius 3 is 2.47 bits per heavy atom. The van der Waals surface area contributed by atoms with E-state index in [9.17, 15) is 5.11 Å². The van der Waals surface area contributed by atoms with Crippen molar-refractivity contribution in [2.75, 3.05) is 0 Å². The van der Waals surface area contributed by atoms with Gasteiger partial charge in [-0.2, -0.15) is 5.10 Å². The summed E-state index contributed by atoms with van der Waals surface area (Å²) in [6, 6.07) is 0.335. The highest BCUT2D eigenvalue weighted by Crippen LogP contribution is 2.09. The van der Waals surface area contributed by atoms with Crippen molar-refractivity contribution >= 4 is 0 Å². The SMILES string of the molecule is Cc1nn(C(C)C)cc1C#CC(C)(C)O. The molecule has 1 heterocycles. The van der Waals surface area contributed by atoms with Crippen LogP contribution in [0.1, 0.15) is 45.0 Å². The highest BCUT2D eigenvalue weighted by atomic mass is 16.3. The Hall–Kier alpha value is -1.27. The van der Waals surface area contributed by atoms with Crippen LogP contribution >= 0.6 is 0 Å². The van der Waals surface area contributed by atoms with Gasteiger partial charge in [0.25, 0.3) is 0 Å². The van der Waals surface area contributed by atoms with Crippen LogP contribution in [0.2, 0.25) is 0 Å². The number of nitrogens with zero attached hydrogens (tertiary/aromatic N) is 2. The molecule has 15 heavy (non-hydrogen) atoms. The molecule has 0 unspecified atom stereocenters. The minimum atomic E-state index is -0.952. The molecule has 1 aromatic heterocycles.